The van der Waals surface area contributed by atoms with Gasteiger partial charge < -0.3 is 14.6 Å². The molecule has 0 atom stereocenters. The van der Waals surface area contributed by atoms with Gasteiger partial charge in [-0.15, -0.1) is 0 Å². The lowest BCUT2D eigenvalue weighted by atomic mass is 10.3. The highest BCUT2D eigenvalue weighted by atomic mass is 19.1. The van der Waals surface area contributed by atoms with Gasteiger partial charge in [-0.3, -0.25) is 4.40 Å². The van der Waals surface area contributed by atoms with Gasteiger partial charge in [0.25, 0.3) is 0 Å². The number of rotatable bonds is 5. The Bertz CT molecular complexity index is 876. The van der Waals surface area contributed by atoms with E-state index in [2.05, 4.69) is 4.98 Å². The van der Waals surface area contributed by atoms with E-state index in [0.717, 1.165) is 0 Å². The van der Waals surface area contributed by atoms with Crippen molar-refractivity contribution in [2.75, 3.05) is 7.11 Å². The maximum Gasteiger partial charge on any atom is 0.356 e. The van der Waals surface area contributed by atoms with Crippen LogP contribution in [0.2, 0.25) is 0 Å². The van der Waals surface area contributed by atoms with Crippen LogP contribution in [0.3, 0.4) is 0 Å². The van der Waals surface area contributed by atoms with Gasteiger partial charge in [0.1, 0.15) is 29.4 Å². The molecule has 1 aromatic carbocycles. The van der Waals surface area contributed by atoms with Gasteiger partial charge in [0.2, 0.25) is 0 Å². The van der Waals surface area contributed by atoms with E-state index in [4.69, 9.17) is 9.47 Å². The fourth-order valence-corrected chi connectivity index (χ4v) is 2.29. The van der Waals surface area contributed by atoms with E-state index < -0.39 is 11.8 Å². The maximum atomic E-state index is 13.2. The fourth-order valence-electron chi connectivity index (χ4n) is 2.29. The van der Waals surface area contributed by atoms with Gasteiger partial charge in [0.05, 0.1) is 7.11 Å². The van der Waals surface area contributed by atoms with E-state index >= 15 is 0 Å². The summed E-state index contributed by atoms with van der Waals surface area (Å²) in [4.78, 5) is 15.5. The van der Waals surface area contributed by atoms with Crippen LogP contribution in [0, 0.1) is 5.82 Å². The number of ether oxygens (including phenoxy) is 2. The number of imidazole rings is 1. The van der Waals surface area contributed by atoms with Crippen molar-refractivity contribution in [3.8, 4) is 11.5 Å². The zero-order valence-electron chi connectivity index (χ0n) is 12.2. The SMILES string of the molecule is COc1cccn2c(COc3cccc(F)c3)nc(C(=O)O)c12. The quantitative estimate of drug-likeness (QED) is 0.783. The van der Waals surface area contributed by atoms with Crippen LogP contribution in [0.25, 0.3) is 5.52 Å². The predicted molar refractivity (Wildman–Crippen MR) is 79.4 cm³/mol. The number of nitrogens with zero attached hydrogens (tertiary/aromatic N) is 2. The van der Waals surface area contributed by atoms with E-state index in [-0.39, 0.29) is 12.3 Å². The molecule has 118 valence electrons. The van der Waals surface area contributed by atoms with E-state index in [0.29, 0.717) is 22.8 Å². The van der Waals surface area contributed by atoms with Crippen LogP contribution < -0.4 is 9.47 Å². The first kappa shape index (κ1) is 14.8. The Morgan fingerprint density at radius 3 is 2.87 bits per heavy atom. The molecule has 2 aromatic heterocycles. The summed E-state index contributed by atoms with van der Waals surface area (Å²) < 4.78 is 25.4. The number of hydrogen-bond donors (Lipinski definition) is 1. The first-order valence-corrected chi connectivity index (χ1v) is 6.75. The zero-order valence-corrected chi connectivity index (χ0v) is 12.2. The Morgan fingerprint density at radius 2 is 2.17 bits per heavy atom. The highest BCUT2D eigenvalue weighted by molar-refractivity contribution is 5.95. The van der Waals surface area contributed by atoms with Crippen LogP contribution in [0.5, 0.6) is 11.5 Å². The van der Waals surface area contributed by atoms with Crippen LogP contribution in [0.15, 0.2) is 42.6 Å². The van der Waals surface area contributed by atoms with Crippen LogP contribution in [0.4, 0.5) is 4.39 Å². The summed E-state index contributed by atoms with van der Waals surface area (Å²) in [6.45, 7) is -0.00886. The summed E-state index contributed by atoms with van der Waals surface area (Å²) in [7, 11) is 1.46. The number of halogens is 1. The lowest BCUT2D eigenvalue weighted by Crippen LogP contribution is -2.02. The normalized spacial score (nSPS) is 10.7. The Kier molecular flexibility index (Phi) is 3.84. The smallest absolute Gasteiger partial charge is 0.356 e. The first-order valence-electron chi connectivity index (χ1n) is 6.75. The second-order valence-corrected chi connectivity index (χ2v) is 4.72. The summed E-state index contributed by atoms with van der Waals surface area (Å²) in [6.07, 6.45) is 1.67. The highest BCUT2D eigenvalue weighted by Crippen LogP contribution is 2.25. The lowest BCUT2D eigenvalue weighted by molar-refractivity contribution is 0.0692. The summed E-state index contributed by atoms with van der Waals surface area (Å²) in [5.41, 5.74) is 0.223. The number of hydrogen-bond acceptors (Lipinski definition) is 4. The number of methoxy groups -OCH3 is 1. The van der Waals surface area contributed by atoms with Crippen LogP contribution >= 0.6 is 0 Å². The molecule has 23 heavy (non-hydrogen) atoms. The van der Waals surface area contributed by atoms with Gasteiger partial charge in [-0.2, -0.15) is 0 Å². The van der Waals surface area contributed by atoms with Crippen molar-refractivity contribution in [1.82, 2.24) is 9.38 Å². The van der Waals surface area contributed by atoms with Crippen molar-refractivity contribution in [1.29, 1.82) is 0 Å². The zero-order chi connectivity index (χ0) is 16.4. The molecule has 0 saturated carbocycles. The molecule has 2 heterocycles. The van der Waals surface area contributed by atoms with Crippen LogP contribution in [0.1, 0.15) is 16.3 Å². The van der Waals surface area contributed by atoms with Crippen molar-refractivity contribution >= 4 is 11.5 Å². The molecule has 0 radical (unpaired) electrons. The Balaban J connectivity index is 1.99. The molecule has 0 saturated heterocycles. The van der Waals surface area contributed by atoms with E-state index in [1.165, 1.54) is 25.3 Å². The predicted octanol–water partition coefficient (Wildman–Crippen LogP) is 2.76. The molecule has 0 bridgehead atoms. The molecular weight excluding hydrogens is 303 g/mol. The van der Waals surface area contributed by atoms with Crippen molar-refractivity contribution in [3.05, 3.63) is 59.9 Å². The molecule has 0 fully saturated rings. The summed E-state index contributed by atoms with van der Waals surface area (Å²) in [6, 6.07) is 9.06. The molecule has 0 amide bonds. The average Bonchev–Trinajstić information content (AvgIpc) is 2.92. The number of aromatic carboxylic acids is 1. The number of carboxylic acids is 1. The van der Waals surface area contributed by atoms with E-state index in [9.17, 15) is 14.3 Å². The molecule has 0 aliphatic carbocycles. The summed E-state index contributed by atoms with van der Waals surface area (Å²) in [5, 5.41) is 9.32. The van der Waals surface area contributed by atoms with Crippen molar-refractivity contribution in [2.24, 2.45) is 0 Å². The molecular formula is C16H13FN2O4. The highest BCUT2D eigenvalue weighted by Gasteiger charge is 2.20. The molecule has 0 unspecified atom stereocenters. The minimum Gasteiger partial charge on any atom is -0.494 e. The summed E-state index contributed by atoms with van der Waals surface area (Å²) >= 11 is 0. The molecule has 0 spiro atoms. The second-order valence-electron chi connectivity index (χ2n) is 4.72. The van der Waals surface area contributed by atoms with Crippen molar-refractivity contribution in [3.63, 3.8) is 0 Å². The van der Waals surface area contributed by atoms with Crippen LogP contribution in [-0.4, -0.2) is 27.6 Å². The Hall–Kier alpha value is -3.09. The largest absolute Gasteiger partial charge is 0.494 e. The number of aromatic nitrogens is 2. The van der Waals surface area contributed by atoms with Crippen molar-refractivity contribution in [2.45, 2.75) is 6.61 Å². The second kappa shape index (κ2) is 5.96. The van der Waals surface area contributed by atoms with Gasteiger partial charge in [-0.1, -0.05) is 6.07 Å². The maximum absolute atomic E-state index is 13.2. The van der Waals surface area contributed by atoms with Gasteiger partial charge in [0.15, 0.2) is 11.5 Å². The molecule has 0 aliphatic rings. The Labute approximate surface area is 130 Å². The molecule has 6 nitrogen and oxygen atoms in total. The molecule has 3 rings (SSSR count). The van der Waals surface area contributed by atoms with Crippen molar-refractivity contribution < 1.29 is 23.8 Å². The molecule has 3 aromatic rings. The average molecular weight is 316 g/mol. The third-order valence-electron chi connectivity index (χ3n) is 3.29. The van der Waals surface area contributed by atoms with Gasteiger partial charge in [-0.05, 0) is 24.3 Å². The van der Waals surface area contributed by atoms with Gasteiger partial charge >= 0.3 is 5.97 Å². The minimum atomic E-state index is -1.16. The standard InChI is InChI=1S/C16H13FN2O4/c1-22-12-6-3-7-19-13(18-14(15(12)19)16(20)21)9-23-11-5-2-4-10(17)8-11/h2-8H,9H2,1H3,(H,20,21). The third kappa shape index (κ3) is 2.80. The number of benzene rings is 1. The number of fused-ring (bicyclic) bond motifs is 1. The minimum absolute atomic E-state index is 0.00886. The molecule has 7 heteroatoms. The van der Waals surface area contributed by atoms with Gasteiger partial charge in [-0.25, -0.2) is 14.2 Å². The molecule has 0 aliphatic heterocycles. The summed E-state index contributed by atoms with van der Waals surface area (Å²) in [5.74, 6) is -0.469. The number of carboxylic acid groups (broad SMARTS) is 1. The van der Waals surface area contributed by atoms with Crippen LogP contribution in [-0.2, 0) is 6.61 Å². The first-order chi connectivity index (χ1) is 11.1. The topological polar surface area (TPSA) is 73.1 Å². The molecule has 1 N–H and O–H groups in total. The lowest BCUT2D eigenvalue weighted by Gasteiger charge is -2.07. The van der Waals surface area contributed by atoms with E-state index in [1.807, 2.05) is 0 Å². The number of carbonyl (C=O) groups is 1. The van der Waals surface area contributed by atoms with E-state index in [1.54, 1.807) is 28.8 Å². The number of pyridine rings is 1. The van der Waals surface area contributed by atoms with Gasteiger partial charge in [0, 0.05) is 12.3 Å². The fraction of sp³-hybridized carbons (Fsp3) is 0.125. The monoisotopic (exact) mass is 316 g/mol. The third-order valence-corrected chi connectivity index (χ3v) is 3.29. The Morgan fingerprint density at radius 1 is 1.35 bits per heavy atom.